The summed E-state index contributed by atoms with van der Waals surface area (Å²) in [5.74, 6) is -0.822. The van der Waals surface area contributed by atoms with Crippen molar-refractivity contribution in [1.29, 1.82) is 0 Å². The zero-order chi connectivity index (χ0) is 14.8. The van der Waals surface area contributed by atoms with Crippen molar-refractivity contribution in [1.82, 2.24) is 0 Å². The molecule has 0 aliphatic carbocycles. The van der Waals surface area contributed by atoms with Crippen LogP contribution in [0.1, 0.15) is 24.2 Å². The van der Waals surface area contributed by atoms with E-state index in [0.29, 0.717) is 5.75 Å². The van der Waals surface area contributed by atoms with Gasteiger partial charge in [0.1, 0.15) is 5.75 Å². The molecule has 0 fully saturated rings. The lowest BCUT2D eigenvalue weighted by Crippen LogP contribution is -2.25. The van der Waals surface area contributed by atoms with Gasteiger partial charge in [0.05, 0.1) is 23.6 Å². The first kappa shape index (κ1) is 15.3. The van der Waals surface area contributed by atoms with E-state index < -0.39 is 16.0 Å². The van der Waals surface area contributed by atoms with Gasteiger partial charge < -0.3 is 9.84 Å². The SMILES string of the molecule is CC(C)Oc1cc(C(=O)O)cc(N(C)S(C)(=O)=O)c1. The van der Waals surface area contributed by atoms with Crippen molar-refractivity contribution in [2.24, 2.45) is 0 Å². The predicted molar refractivity (Wildman–Crippen MR) is 72.4 cm³/mol. The summed E-state index contributed by atoms with van der Waals surface area (Å²) in [4.78, 5) is 11.0. The number of nitrogens with zero attached hydrogens (tertiary/aromatic N) is 1. The molecule has 0 saturated heterocycles. The summed E-state index contributed by atoms with van der Waals surface area (Å²) in [5, 5.41) is 9.03. The largest absolute Gasteiger partial charge is 0.491 e. The zero-order valence-electron chi connectivity index (χ0n) is 11.2. The highest BCUT2D eigenvalue weighted by Crippen LogP contribution is 2.25. The minimum atomic E-state index is -3.46. The summed E-state index contributed by atoms with van der Waals surface area (Å²) in [6, 6.07) is 4.14. The van der Waals surface area contributed by atoms with Crippen LogP contribution in [-0.2, 0) is 10.0 Å². The number of sulfonamides is 1. The Kier molecular flexibility index (Phi) is 4.41. The lowest BCUT2D eigenvalue weighted by atomic mass is 10.2. The average Bonchev–Trinajstić information content (AvgIpc) is 2.25. The molecule has 0 heterocycles. The minimum Gasteiger partial charge on any atom is -0.491 e. The van der Waals surface area contributed by atoms with Crippen molar-refractivity contribution in [2.75, 3.05) is 17.6 Å². The van der Waals surface area contributed by atoms with Gasteiger partial charge in [0, 0.05) is 13.1 Å². The first-order chi connectivity index (χ1) is 8.61. The predicted octanol–water partition coefficient (Wildman–Crippen LogP) is 1.57. The molecule has 0 aliphatic rings. The third kappa shape index (κ3) is 4.13. The Morgan fingerprint density at radius 2 is 1.89 bits per heavy atom. The summed E-state index contributed by atoms with van der Waals surface area (Å²) >= 11 is 0. The number of hydrogen-bond donors (Lipinski definition) is 1. The zero-order valence-corrected chi connectivity index (χ0v) is 12.1. The monoisotopic (exact) mass is 287 g/mol. The standard InChI is InChI=1S/C12H17NO5S/c1-8(2)18-11-6-9(12(14)15)5-10(7-11)13(3)19(4,16)17/h5-8H,1-4H3,(H,14,15). The third-order valence-electron chi connectivity index (χ3n) is 2.37. The van der Waals surface area contributed by atoms with Crippen LogP contribution in [-0.4, -0.2) is 38.9 Å². The molecule has 0 aliphatic heterocycles. The van der Waals surface area contributed by atoms with Crippen LogP contribution in [0.5, 0.6) is 5.75 Å². The maximum atomic E-state index is 11.5. The van der Waals surface area contributed by atoms with E-state index in [4.69, 9.17) is 9.84 Å². The molecule has 0 saturated carbocycles. The van der Waals surface area contributed by atoms with Crippen molar-refractivity contribution < 1.29 is 23.1 Å². The summed E-state index contributed by atoms with van der Waals surface area (Å²) in [6.07, 6.45) is 0.907. The molecular weight excluding hydrogens is 270 g/mol. The fourth-order valence-electron chi connectivity index (χ4n) is 1.42. The molecule has 1 N–H and O–H groups in total. The van der Waals surface area contributed by atoms with Crippen LogP contribution in [0.25, 0.3) is 0 Å². The summed E-state index contributed by atoms with van der Waals surface area (Å²) in [6.45, 7) is 3.60. The van der Waals surface area contributed by atoms with E-state index >= 15 is 0 Å². The van der Waals surface area contributed by atoms with Gasteiger partial charge in [-0.2, -0.15) is 0 Å². The lowest BCUT2D eigenvalue weighted by molar-refractivity contribution is 0.0696. The molecule has 0 bridgehead atoms. The second-order valence-electron chi connectivity index (χ2n) is 4.42. The summed E-state index contributed by atoms with van der Waals surface area (Å²) < 4.78 is 29.4. The van der Waals surface area contributed by atoms with E-state index in [9.17, 15) is 13.2 Å². The van der Waals surface area contributed by atoms with E-state index in [2.05, 4.69) is 0 Å². The number of ether oxygens (including phenoxy) is 1. The number of aromatic carboxylic acids is 1. The Labute approximate surface area is 112 Å². The lowest BCUT2D eigenvalue weighted by Gasteiger charge is -2.19. The number of carboxylic acids is 1. The minimum absolute atomic E-state index is 0.0244. The normalized spacial score (nSPS) is 11.4. The fourth-order valence-corrected chi connectivity index (χ4v) is 1.91. The Bertz CT molecular complexity index is 580. The first-order valence-electron chi connectivity index (χ1n) is 5.60. The van der Waals surface area contributed by atoms with Crippen LogP contribution >= 0.6 is 0 Å². The molecule has 1 rings (SSSR count). The number of rotatable bonds is 5. The smallest absolute Gasteiger partial charge is 0.335 e. The number of carbonyl (C=O) groups is 1. The fraction of sp³-hybridized carbons (Fsp3) is 0.417. The number of benzene rings is 1. The molecule has 19 heavy (non-hydrogen) atoms. The molecule has 0 aromatic heterocycles. The molecule has 1 aromatic rings. The van der Waals surface area contributed by atoms with Gasteiger partial charge in [-0.25, -0.2) is 13.2 Å². The van der Waals surface area contributed by atoms with E-state index in [1.165, 1.54) is 25.2 Å². The molecule has 0 spiro atoms. The molecule has 0 amide bonds. The molecule has 1 aromatic carbocycles. The van der Waals surface area contributed by atoms with Gasteiger partial charge in [-0.3, -0.25) is 4.31 Å². The Morgan fingerprint density at radius 1 is 1.32 bits per heavy atom. The Morgan fingerprint density at radius 3 is 2.32 bits per heavy atom. The van der Waals surface area contributed by atoms with Gasteiger partial charge in [0.2, 0.25) is 10.0 Å². The van der Waals surface area contributed by atoms with E-state index in [1.807, 2.05) is 0 Å². The van der Waals surface area contributed by atoms with Gasteiger partial charge in [0.15, 0.2) is 0 Å². The van der Waals surface area contributed by atoms with Crippen LogP contribution in [0.3, 0.4) is 0 Å². The second kappa shape index (κ2) is 5.48. The first-order valence-corrected chi connectivity index (χ1v) is 7.45. The maximum Gasteiger partial charge on any atom is 0.335 e. The van der Waals surface area contributed by atoms with Gasteiger partial charge in [-0.05, 0) is 26.0 Å². The molecule has 0 atom stereocenters. The second-order valence-corrected chi connectivity index (χ2v) is 6.43. The molecule has 106 valence electrons. The molecule has 6 nitrogen and oxygen atoms in total. The van der Waals surface area contributed by atoms with Crippen LogP contribution in [0.15, 0.2) is 18.2 Å². The van der Waals surface area contributed by atoms with Gasteiger partial charge in [0.25, 0.3) is 0 Å². The van der Waals surface area contributed by atoms with Crippen LogP contribution in [0.2, 0.25) is 0 Å². The highest BCUT2D eigenvalue weighted by atomic mass is 32.2. The van der Waals surface area contributed by atoms with E-state index in [0.717, 1.165) is 10.6 Å². The van der Waals surface area contributed by atoms with Gasteiger partial charge in [-0.15, -0.1) is 0 Å². The molecule has 0 radical (unpaired) electrons. The summed E-state index contributed by atoms with van der Waals surface area (Å²) in [7, 11) is -2.10. The van der Waals surface area contributed by atoms with Crippen molar-refractivity contribution in [3.8, 4) is 5.75 Å². The molecular formula is C12H17NO5S. The third-order valence-corrected chi connectivity index (χ3v) is 3.58. The van der Waals surface area contributed by atoms with Crippen molar-refractivity contribution in [3.63, 3.8) is 0 Å². The molecule has 0 unspecified atom stereocenters. The quantitative estimate of drug-likeness (QED) is 0.888. The Balaban J connectivity index is 3.32. The van der Waals surface area contributed by atoms with Gasteiger partial charge >= 0.3 is 5.97 Å². The number of carboxylic acid groups (broad SMARTS) is 1. The highest BCUT2D eigenvalue weighted by Gasteiger charge is 2.16. The number of anilines is 1. The Hall–Kier alpha value is -1.76. The highest BCUT2D eigenvalue weighted by molar-refractivity contribution is 7.92. The van der Waals surface area contributed by atoms with Crippen molar-refractivity contribution >= 4 is 21.7 Å². The number of hydrogen-bond acceptors (Lipinski definition) is 4. The van der Waals surface area contributed by atoms with E-state index in [-0.39, 0.29) is 17.4 Å². The average molecular weight is 287 g/mol. The molecule has 7 heteroatoms. The van der Waals surface area contributed by atoms with E-state index in [1.54, 1.807) is 13.8 Å². The summed E-state index contributed by atoms with van der Waals surface area (Å²) in [5.41, 5.74) is 0.224. The van der Waals surface area contributed by atoms with Crippen LogP contribution in [0.4, 0.5) is 5.69 Å². The maximum absolute atomic E-state index is 11.5. The van der Waals surface area contributed by atoms with Crippen molar-refractivity contribution in [3.05, 3.63) is 23.8 Å². The van der Waals surface area contributed by atoms with Crippen LogP contribution < -0.4 is 9.04 Å². The van der Waals surface area contributed by atoms with Crippen molar-refractivity contribution in [2.45, 2.75) is 20.0 Å². The van der Waals surface area contributed by atoms with Crippen LogP contribution in [0, 0.1) is 0 Å². The van der Waals surface area contributed by atoms with Gasteiger partial charge in [-0.1, -0.05) is 0 Å². The topological polar surface area (TPSA) is 83.9 Å².